The summed E-state index contributed by atoms with van der Waals surface area (Å²) in [7, 11) is 2.13. The molecule has 4 atom stereocenters. The molecule has 1 saturated carbocycles. The summed E-state index contributed by atoms with van der Waals surface area (Å²) in [6.45, 7) is 7.76. The lowest BCUT2D eigenvalue weighted by molar-refractivity contribution is -0.124. The summed E-state index contributed by atoms with van der Waals surface area (Å²) >= 11 is 0. The van der Waals surface area contributed by atoms with Crippen molar-refractivity contribution in [1.82, 2.24) is 4.90 Å². The minimum absolute atomic E-state index is 0.155. The number of hydrogen-bond donors (Lipinski definition) is 0. The van der Waals surface area contributed by atoms with Gasteiger partial charge in [0, 0.05) is 12.0 Å². The average molecular weight is 233 g/mol. The topological polar surface area (TPSA) is 20.3 Å². The number of hydrogen-bond acceptors (Lipinski definition) is 2. The lowest BCUT2D eigenvalue weighted by Crippen LogP contribution is -2.49. The molecule has 3 aliphatic rings. The third-order valence-electron chi connectivity index (χ3n) is 5.58. The van der Waals surface area contributed by atoms with Crippen LogP contribution in [0.3, 0.4) is 0 Å². The molecule has 1 heterocycles. The molecule has 0 bridgehead atoms. The molecule has 0 aromatic carbocycles. The van der Waals surface area contributed by atoms with Crippen LogP contribution >= 0.6 is 0 Å². The van der Waals surface area contributed by atoms with Crippen molar-refractivity contribution >= 4 is 5.78 Å². The zero-order valence-electron chi connectivity index (χ0n) is 11.4. The van der Waals surface area contributed by atoms with E-state index in [0.29, 0.717) is 17.6 Å². The summed E-state index contributed by atoms with van der Waals surface area (Å²) in [5, 5.41) is 0. The molecule has 0 N–H and O–H groups in total. The molecule has 94 valence electrons. The zero-order valence-corrected chi connectivity index (χ0v) is 11.4. The number of likely N-dealkylation sites (tertiary alicyclic amines) is 1. The molecule has 0 aromatic heterocycles. The summed E-state index contributed by atoms with van der Waals surface area (Å²) < 4.78 is 0. The van der Waals surface area contributed by atoms with Crippen LogP contribution in [0.4, 0.5) is 0 Å². The highest BCUT2D eigenvalue weighted by atomic mass is 16.1. The van der Waals surface area contributed by atoms with Crippen molar-refractivity contribution in [3.05, 3.63) is 11.6 Å². The van der Waals surface area contributed by atoms with Crippen molar-refractivity contribution in [3.8, 4) is 0 Å². The summed E-state index contributed by atoms with van der Waals surface area (Å²) in [6, 6.07) is 0.155. The fourth-order valence-corrected chi connectivity index (χ4v) is 4.63. The largest absolute Gasteiger partial charge is 0.296 e. The van der Waals surface area contributed by atoms with Gasteiger partial charge in [0.2, 0.25) is 0 Å². The van der Waals surface area contributed by atoms with Crippen LogP contribution in [0, 0.1) is 23.2 Å². The number of carbonyl (C=O) groups is 1. The summed E-state index contributed by atoms with van der Waals surface area (Å²) in [4.78, 5) is 15.0. The van der Waals surface area contributed by atoms with Gasteiger partial charge >= 0.3 is 0 Å². The van der Waals surface area contributed by atoms with E-state index < -0.39 is 0 Å². The van der Waals surface area contributed by atoms with E-state index in [1.165, 1.54) is 12.8 Å². The molecule has 17 heavy (non-hydrogen) atoms. The maximum atomic E-state index is 12.7. The molecule has 1 aliphatic heterocycles. The molecular formula is C15H23NO. The van der Waals surface area contributed by atoms with Crippen LogP contribution in [0.5, 0.6) is 0 Å². The van der Waals surface area contributed by atoms with E-state index in [1.807, 2.05) is 0 Å². The van der Waals surface area contributed by atoms with E-state index in [2.05, 4.69) is 38.8 Å². The van der Waals surface area contributed by atoms with E-state index >= 15 is 0 Å². The molecule has 3 rings (SSSR count). The lowest BCUT2D eigenvalue weighted by Gasteiger charge is -2.41. The van der Waals surface area contributed by atoms with Crippen LogP contribution in [-0.2, 0) is 4.79 Å². The van der Waals surface area contributed by atoms with Gasteiger partial charge < -0.3 is 0 Å². The Kier molecular flexibility index (Phi) is 2.32. The Morgan fingerprint density at radius 1 is 1.41 bits per heavy atom. The Morgan fingerprint density at radius 3 is 2.76 bits per heavy atom. The van der Waals surface area contributed by atoms with Crippen molar-refractivity contribution in [2.24, 2.45) is 23.2 Å². The van der Waals surface area contributed by atoms with Gasteiger partial charge in [-0.3, -0.25) is 9.69 Å². The Balaban J connectivity index is 2.10. The van der Waals surface area contributed by atoms with Crippen molar-refractivity contribution in [3.63, 3.8) is 0 Å². The first-order valence-corrected chi connectivity index (χ1v) is 6.92. The van der Waals surface area contributed by atoms with Crippen LogP contribution < -0.4 is 0 Å². The second-order valence-electron chi connectivity index (χ2n) is 6.73. The molecule has 0 aromatic rings. The first kappa shape index (κ1) is 11.5. The Labute approximate surface area is 104 Å². The van der Waals surface area contributed by atoms with Gasteiger partial charge in [0.15, 0.2) is 5.78 Å². The van der Waals surface area contributed by atoms with Crippen LogP contribution in [0.2, 0.25) is 0 Å². The minimum Gasteiger partial charge on any atom is -0.296 e. The maximum absolute atomic E-state index is 12.7. The van der Waals surface area contributed by atoms with Crippen LogP contribution in [0.25, 0.3) is 0 Å². The fourth-order valence-electron chi connectivity index (χ4n) is 4.63. The van der Waals surface area contributed by atoms with Gasteiger partial charge in [0.1, 0.15) is 0 Å². The van der Waals surface area contributed by atoms with Gasteiger partial charge in [-0.1, -0.05) is 26.8 Å². The molecule has 0 spiro atoms. The normalized spacial score (nSPS) is 45.4. The number of carbonyl (C=O) groups excluding carboxylic acids is 1. The van der Waals surface area contributed by atoms with Crippen LogP contribution in [-0.4, -0.2) is 30.3 Å². The van der Waals surface area contributed by atoms with Gasteiger partial charge in [-0.2, -0.15) is 0 Å². The molecular weight excluding hydrogens is 210 g/mol. The monoisotopic (exact) mass is 233 g/mol. The first-order chi connectivity index (χ1) is 7.96. The Morgan fingerprint density at radius 2 is 2.12 bits per heavy atom. The highest BCUT2D eigenvalue weighted by molar-refractivity contribution is 6.01. The summed E-state index contributed by atoms with van der Waals surface area (Å²) in [6.07, 6.45) is 4.91. The van der Waals surface area contributed by atoms with Crippen molar-refractivity contribution < 1.29 is 4.79 Å². The first-order valence-electron chi connectivity index (χ1n) is 6.92. The molecule has 2 heteroatoms. The van der Waals surface area contributed by atoms with E-state index in [0.717, 1.165) is 18.0 Å². The number of rotatable bonds is 1. The van der Waals surface area contributed by atoms with E-state index in [1.54, 1.807) is 0 Å². The van der Waals surface area contributed by atoms with Gasteiger partial charge in [-0.15, -0.1) is 0 Å². The minimum atomic E-state index is 0.155. The molecule has 2 nitrogen and oxygen atoms in total. The zero-order chi connectivity index (χ0) is 12.4. The summed E-state index contributed by atoms with van der Waals surface area (Å²) in [5.74, 6) is 2.15. The standard InChI is InChI=1S/C15H23NO/c1-9(2)12-7-10-5-6-11-8-16(4)14(13(12)17)15(10,11)3/h7,9-11,14H,5-6,8H2,1-4H3/t10-,11+,14+,15+/m1/s1. The number of Topliss-reactive ketones (excluding diaryl/α,β-unsaturated/α-hetero) is 1. The van der Waals surface area contributed by atoms with Crippen LogP contribution in [0.15, 0.2) is 11.6 Å². The van der Waals surface area contributed by atoms with Gasteiger partial charge in [0.05, 0.1) is 6.04 Å². The molecule has 1 saturated heterocycles. The predicted molar refractivity (Wildman–Crippen MR) is 68.7 cm³/mol. The number of ketones is 1. The molecule has 0 unspecified atom stereocenters. The fraction of sp³-hybridized carbons (Fsp3) is 0.800. The van der Waals surface area contributed by atoms with Gasteiger partial charge in [0.25, 0.3) is 0 Å². The van der Waals surface area contributed by atoms with Gasteiger partial charge in [-0.25, -0.2) is 0 Å². The molecule has 2 aliphatic carbocycles. The van der Waals surface area contributed by atoms with Crippen molar-refractivity contribution in [2.45, 2.75) is 39.7 Å². The lowest BCUT2D eigenvalue weighted by atomic mass is 9.64. The second kappa shape index (κ2) is 3.44. The number of nitrogens with zero attached hydrogens (tertiary/aromatic N) is 1. The number of allylic oxidation sites excluding steroid dienone is 1. The van der Waals surface area contributed by atoms with Crippen molar-refractivity contribution in [1.29, 1.82) is 0 Å². The molecule has 0 radical (unpaired) electrons. The molecule has 2 fully saturated rings. The highest BCUT2D eigenvalue weighted by Gasteiger charge is 2.61. The average Bonchev–Trinajstić information content (AvgIpc) is 2.67. The third-order valence-corrected chi connectivity index (χ3v) is 5.58. The second-order valence-corrected chi connectivity index (χ2v) is 6.73. The van der Waals surface area contributed by atoms with Crippen molar-refractivity contribution in [2.75, 3.05) is 13.6 Å². The van der Waals surface area contributed by atoms with Crippen LogP contribution in [0.1, 0.15) is 33.6 Å². The quantitative estimate of drug-likeness (QED) is 0.693. The van der Waals surface area contributed by atoms with E-state index in [4.69, 9.17) is 0 Å². The Bertz CT molecular complexity index is 398. The third kappa shape index (κ3) is 1.28. The Hall–Kier alpha value is -0.630. The maximum Gasteiger partial charge on any atom is 0.176 e. The molecule has 0 amide bonds. The predicted octanol–water partition coefficient (Wildman–Crippen LogP) is 2.50. The van der Waals surface area contributed by atoms with E-state index in [9.17, 15) is 4.79 Å². The smallest absolute Gasteiger partial charge is 0.176 e. The van der Waals surface area contributed by atoms with Gasteiger partial charge in [-0.05, 0) is 43.2 Å². The highest BCUT2D eigenvalue weighted by Crippen LogP contribution is 2.58. The van der Waals surface area contributed by atoms with E-state index in [-0.39, 0.29) is 11.5 Å². The number of likely N-dealkylation sites (N-methyl/N-ethyl adjacent to an activating group) is 1. The summed E-state index contributed by atoms with van der Waals surface area (Å²) in [5.41, 5.74) is 1.32. The SMILES string of the molecule is CC(C)C1=C[C@H]2CC[C@H]3CN(C)[C@@H](C1=O)[C@]32C.